The summed E-state index contributed by atoms with van der Waals surface area (Å²) >= 11 is 6.24. The van der Waals surface area contributed by atoms with Gasteiger partial charge in [0.1, 0.15) is 5.82 Å². The fourth-order valence-corrected chi connectivity index (χ4v) is 3.78. The second kappa shape index (κ2) is 9.93. The Bertz CT molecular complexity index is 1260. The molecule has 9 heteroatoms. The number of aryl methyl sites for hydroxylation is 1. The topological polar surface area (TPSA) is 92.3 Å². The van der Waals surface area contributed by atoms with Gasteiger partial charge in [0.25, 0.3) is 5.91 Å². The van der Waals surface area contributed by atoms with E-state index in [-0.39, 0.29) is 33.6 Å². The third-order valence-electron chi connectivity index (χ3n) is 4.58. The van der Waals surface area contributed by atoms with E-state index < -0.39 is 15.7 Å². The monoisotopic (exact) mass is 474 g/mol. The number of rotatable bonds is 7. The second-order valence-corrected chi connectivity index (χ2v) is 9.55. The number of amides is 2. The van der Waals surface area contributed by atoms with Crippen molar-refractivity contribution in [3.8, 4) is 0 Å². The fraction of sp³-hybridized carbons (Fsp3) is 0.130. The predicted molar refractivity (Wildman–Crippen MR) is 122 cm³/mol. The van der Waals surface area contributed by atoms with Gasteiger partial charge in [0.2, 0.25) is 5.91 Å². The van der Waals surface area contributed by atoms with Crippen molar-refractivity contribution in [2.75, 3.05) is 16.9 Å². The van der Waals surface area contributed by atoms with Gasteiger partial charge in [-0.1, -0.05) is 29.8 Å². The molecule has 6 nitrogen and oxygen atoms in total. The number of carbonyl (C=O) groups is 2. The minimum Gasteiger partial charge on any atom is -0.326 e. The van der Waals surface area contributed by atoms with Crippen molar-refractivity contribution in [1.29, 1.82) is 0 Å². The maximum Gasteiger partial charge on any atom is 0.255 e. The first kappa shape index (κ1) is 23.4. The van der Waals surface area contributed by atoms with Crippen LogP contribution in [0, 0.1) is 5.82 Å². The number of hydrogen-bond donors (Lipinski definition) is 2. The largest absolute Gasteiger partial charge is 0.326 e. The first-order chi connectivity index (χ1) is 15.1. The number of anilines is 2. The molecule has 166 valence electrons. The first-order valence-electron chi connectivity index (χ1n) is 9.57. The van der Waals surface area contributed by atoms with Gasteiger partial charge in [0, 0.05) is 23.9 Å². The van der Waals surface area contributed by atoms with Gasteiger partial charge in [-0.2, -0.15) is 0 Å². The zero-order valence-electron chi connectivity index (χ0n) is 17.1. The zero-order chi connectivity index (χ0) is 23.3. The number of nitrogens with one attached hydrogen (secondary N) is 2. The summed E-state index contributed by atoms with van der Waals surface area (Å²) in [4.78, 5) is 24.7. The molecule has 0 bridgehead atoms. The van der Waals surface area contributed by atoms with E-state index in [0.29, 0.717) is 17.8 Å². The lowest BCUT2D eigenvalue weighted by Gasteiger charge is -2.11. The Morgan fingerprint density at radius 3 is 2.34 bits per heavy atom. The number of halogens is 2. The second-order valence-electron chi connectivity index (χ2n) is 7.12. The van der Waals surface area contributed by atoms with Crippen molar-refractivity contribution >= 4 is 44.6 Å². The summed E-state index contributed by atoms with van der Waals surface area (Å²) in [7, 11) is -3.44. The van der Waals surface area contributed by atoms with Crippen molar-refractivity contribution in [3.63, 3.8) is 0 Å². The van der Waals surface area contributed by atoms with Crippen LogP contribution in [0.3, 0.4) is 0 Å². The molecule has 0 radical (unpaired) electrons. The van der Waals surface area contributed by atoms with Crippen molar-refractivity contribution < 1.29 is 22.4 Å². The molecule has 0 saturated heterocycles. The maximum absolute atomic E-state index is 12.9. The molecular formula is C23H20ClFN2O4S. The molecule has 0 aliphatic carbocycles. The Kier molecular flexibility index (Phi) is 7.27. The molecule has 2 amide bonds. The van der Waals surface area contributed by atoms with Gasteiger partial charge in [0.15, 0.2) is 9.84 Å². The quantitative estimate of drug-likeness (QED) is 0.519. The van der Waals surface area contributed by atoms with Gasteiger partial charge in [-0.25, -0.2) is 12.8 Å². The van der Waals surface area contributed by atoms with Crippen LogP contribution < -0.4 is 10.6 Å². The van der Waals surface area contributed by atoms with E-state index in [9.17, 15) is 22.4 Å². The van der Waals surface area contributed by atoms with Crippen LogP contribution in [-0.4, -0.2) is 26.5 Å². The van der Waals surface area contributed by atoms with Gasteiger partial charge >= 0.3 is 0 Å². The van der Waals surface area contributed by atoms with E-state index >= 15 is 0 Å². The Hall–Kier alpha value is -3.23. The number of hydrogen-bond acceptors (Lipinski definition) is 4. The lowest BCUT2D eigenvalue weighted by molar-refractivity contribution is -0.116. The summed E-state index contributed by atoms with van der Waals surface area (Å²) in [6, 6.07) is 16.2. The molecule has 3 aromatic rings. The molecule has 0 aliphatic rings. The lowest BCUT2D eigenvalue weighted by atomic mass is 10.1. The van der Waals surface area contributed by atoms with Crippen LogP contribution in [0.1, 0.15) is 22.3 Å². The molecule has 3 rings (SSSR count). The van der Waals surface area contributed by atoms with E-state index in [0.717, 1.165) is 11.8 Å². The van der Waals surface area contributed by atoms with E-state index in [1.807, 2.05) is 0 Å². The lowest BCUT2D eigenvalue weighted by Crippen LogP contribution is -2.14. The van der Waals surface area contributed by atoms with Crippen molar-refractivity contribution in [1.82, 2.24) is 0 Å². The SMILES string of the molecule is CS(=O)(=O)c1cccc(C(=O)Nc2ccc(NC(=O)CCc3ccc(F)cc3)cc2Cl)c1. The molecule has 0 aromatic heterocycles. The van der Waals surface area contributed by atoms with Crippen LogP contribution in [0.15, 0.2) is 71.6 Å². The van der Waals surface area contributed by atoms with Gasteiger partial charge in [-0.3, -0.25) is 9.59 Å². The smallest absolute Gasteiger partial charge is 0.255 e. The van der Waals surface area contributed by atoms with Crippen LogP contribution >= 0.6 is 11.6 Å². The Labute approximate surface area is 190 Å². The summed E-state index contributed by atoms with van der Waals surface area (Å²) in [5.74, 6) is -1.09. The summed E-state index contributed by atoms with van der Waals surface area (Å²) in [5.41, 5.74) is 1.78. The van der Waals surface area contributed by atoms with Crippen LogP contribution in [-0.2, 0) is 21.1 Å². The summed E-state index contributed by atoms with van der Waals surface area (Å²) in [5, 5.41) is 5.55. The normalized spacial score (nSPS) is 11.1. The minimum absolute atomic E-state index is 0.0370. The molecule has 3 aromatic carbocycles. The van der Waals surface area contributed by atoms with Crippen molar-refractivity contribution in [3.05, 3.63) is 88.7 Å². The van der Waals surface area contributed by atoms with E-state index in [1.165, 1.54) is 48.5 Å². The third kappa shape index (κ3) is 6.38. The van der Waals surface area contributed by atoms with Crippen molar-refractivity contribution in [2.45, 2.75) is 17.7 Å². The molecule has 0 spiro atoms. The molecular weight excluding hydrogens is 455 g/mol. The summed E-state index contributed by atoms with van der Waals surface area (Å²) in [6.07, 6.45) is 1.73. The predicted octanol–water partition coefficient (Wildman–Crippen LogP) is 4.71. The number of benzene rings is 3. The van der Waals surface area contributed by atoms with E-state index in [2.05, 4.69) is 10.6 Å². The molecule has 0 unspecified atom stereocenters. The Morgan fingerprint density at radius 1 is 0.969 bits per heavy atom. The van der Waals surface area contributed by atoms with Crippen LogP contribution in [0.2, 0.25) is 5.02 Å². The molecule has 0 heterocycles. The van der Waals surface area contributed by atoms with Crippen LogP contribution in [0.5, 0.6) is 0 Å². The van der Waals surface area contributed by atoms with Gasteiger partial charge in [0.05, 0.1) is 15.6 Å². The Morgan fingerprint density at radius 2 is 1.69 bits per heavy atom. The highest BCUT2D eigenvalue weighted by Crippen LogP contribution is 2.26. The first-order valence-corrected chi connectivity index (χ1v) is 11.8. The van der Waals surface area contributed by atoms with Crippen molar-refractivity contribution in [2.24, 2.45) is 0 Å². The van der Waals surface area contributed by atoms with Gasteiger partial charge in [-0.05, 0) is 60.5 Å². The standard InChI is InChI=1S/C23H20ClFN2O4S/c1-32(30,31)19-4-2-3-16(13-19)23(29)27-21-11-10-18(14-20(21)24)26-22(28)12-7-15-5-8-17(25)9-6-15/h2-6,8-11,13-14H,7,12H2,1H3,(H,26,28)(H,27,29). The van der Waals surface area contributed by atoms with Gasteiger partial charge in [-0.15, -0.1) is 0 Å². The van der Waals surface area contributed by atoms with E-state index in [4.69, 9.17) is 11.6 Å². The zero-order valence-corrected chi connectivity index (χ0v) is 18.6. The fourth-order valence-electron chi connectivity index (χ4n) is 2.89. The van der Waals surface area contributed by atoms with Crippen LogP contribution in [0.25, 0.3) is 0 Å². The molecule has 0 atom stereocenters. The molecule has 2 N–H and O–H groups in total. The third-order valence-corrected chi connectivity index (χ3v) is 6.00. The highest BCUT2D eigenvalue weighted by atomic mass is 35.5. The number of carbonyl (C=O) groups excluding carboxylic acids is 2. The maximum atomic E-state index is 12.9. The van der Waals surface area contributed by atoms with Gasteiger partial charge < -0.3 is 10.6 Å². The molecule has 0 aliphatic heterocycles. The average molecular weight is 475 g/mol. The van der Waals surface area contributed by atoms with E-state index in [1.54, 1.807) is 18.2 Å². The molecule has 0 fully saturated rings. The number of sulfone groups is 1. The highest BCUT2D eigenvalue weighted by Gasteiger charge is 2.13. The summed E-state index contributed by atoms with van der Waals surface area (Å²) in [6.45, 7) is 0. The molecule has 32 heavy (non-hydrogen) atoms. The summed E-state index contributed by atoms with van der Waals surface area (Å²) < 4.78 is 36.3. The highest BCUT2D eigenvalue weighted by molar-refractivity contribution is 7.90. The molecule has 0 saturated carbocycles. The average Bonchev–Trinajstić information content (AvgIpc) is 2.74. The minimum atomic E-state index is -3.44. The van der Waals surface area contributed by atoms with Crippen LogP contribution in [0.4, 0.5) is 15.8 Å². The Balaban J connectivity index is 1.61.